The Hall–Kier alpha value is -1.30. The number of aliphatic carboxylic acids is 1. The Balaban J connectivity index is 2.38. The van der Waals surface area contributed by atoms with E-state index in [2.05, 4.69) is 10.6 Å². The van der Waals surface area contributed by atoms with Crippen molar-refractivity contribution in [3.63, 3.8) is 0 Å². The van der Waals surface area contributed by atoms with Crippen LogP contribution in [0.15, 0.2) is 0 Å². The summed E-state index contributed by atoms with van der Waals surface area (Å²) < 4.78 is 5.17. The number of hydrogen-bond acceptors (Lipinski definition) is 3. The Morgan fingerprint density at radius 1 is 1.29 bits per heavy atom. The second kappa shape index (κ2) is 6.44. The zero-order valence-corrected chi connectivity index (χ0v) is 10.2. The lowest BCUT2D eigenvalue weighted by atomic mass is 10.1. The van der Waals surface area contributed by atoms with Crippen molar-refractivity contribution in [2.45, 2.75) is 38.8 Å². The van der Waals surface area contributed by atoms with Gasteiger partial charge in [-0.2, -0.15) is 0 Å². The fraction of sp³-hybridized carbons (Fsp3) is 0.818. The number of carboxylic acid groups (broad SMARTS) is 1. The van der Waals surface area contributed by atoms with Gasteiger partial charge in [0.15, 0.2) is 0 Å². The molecule has 98 valence electrons. The van der Waals surface area contributed by atoms with Gasteiger partial charge in [-0.05, 0) is 18.8 Å². The molecule has 1 fully saturated rings. The molecule has 1 atom stereocenters. The number of rotatable bonds is 4. The molecular formula is C11H20N2O4. The molecule has 3 N–H and O–H groups in total. The van der Waals surface area contributed by atoms with Crippen LogP contribution in [-0.2, 0) is 9.53 Å². The second-order valence-corrected chi connectivity index (χ2v) is 4.56. The minimum atomic E-state index is -1.01. The highest BCUT2D eigenvalue weighted by Gasteiger charge is 2.24. The summed E-state index contributed by atoms with van der Waals surface area (Å²) in [5.41, 5.74) is 0. The van der Waals surface area contributed by atoms with E-state index >= 15 is 0 Å². The number of amides is 2. The van der Waals surface area contributed by atoms with Crippen LogP contribution in [0.2, 0.25) is 0 Å². The lowest BCUT2D eigenvalue weighted by Gasteiger charge is -2.25. The lowest BCUT2D eigenvalue weighted by Crippen LogP contribution is -2.51. The number of urea groups is 1. The van der Waals surface area contributed by atoms with E-state index in [0.29, 0.717) is 13.2 Å². The zero-order chi connectivity index (χ0) is 12.8. The normalized spacial score (nSPS) is 18.8. The van der Waals surface area contributed by atoms with Gasteiger partial charge >= 0.3 is 12.0 Å². The van der Waals surface area contributed by atoms with E-state index in [0.717, 1.165) is 12.8 Å². The molecule has 6 heteroatoms. The van der Waals surface area contributed by atoms with E-state index < -0.39 is 18.0 Å². The largest absolute Gasteiger partial charge is 0.480 e. The molecule has 1 aliphatic heterocycles. The van der Waals surface area contributed by atoms with Crippen LogP contribution in [-0.4, -0.2) is 42.4 Å². The summed E-state index contributed by atoms with van der Waals surface area (Å²) in [4.78, 5) is 22.5. The van der Waals surface area contributed by atoms with E-state index in [4.69, 9.17) is 9.84 Å². The average Bonchev–Trinajstić information content (AvgIpc) is 2.26. The average molecular weight is 244 g/mol. The summed E-state index contributed by atoms with van der Waals surface area (Å²) in [5, 5.41) is 14.2. The van der Waals surface area contributed by atoms with E-state index in [1.54, 1.807) is 13.8 Å². The SMILES string of the molecule is CC(C)C(NC(=O)NC1CCOCC1)C(=O)O. The smallest absolute Gasteiger partial charge is 0.326 e. The van der Waals surface area contributed by atoms with Crippen molar-refractivity contribution in [3.05, 3.63) is 0 Å². The second-order valence-electron chi connectivity index (χ2n) is 4.56. The van der Waals surface area contributed by atoms with Crippen LogP contribution < -0.4 is 10.6 Å². The molecule has 1 unspecified atom stereocenters. The first kappa shape index (κ1) is 13.8. The molecule has 0 aromatic carbocycles. The molecule has 0 radical (unpaired) electrons. The fourth-order valence-electron chi connectivity index (χ4n) is 1.72. The Labute approximate surface area is 101 Å². The molecule has 0 spiro atoms. The highest BCUT2D eigenvalue weighted by atomic mass is 16.5. The predicted molar refractivity (Wildman–Crippen MR) is 61.8 cm³/mol. The van der Waals surface area contributed by atoms with Gasteiger partial charge in [0, 0.05) is 19.3 Å². The summed E-state index contributed by atoms with van der Waals surface area (Å²) in [6.45, 7) is 4.79. The van der Waals surface area contributed by atoms with E-state index in [9.17, 15) is 9.59 Å². The number of carboxylic acids is 1. The van der Waals surface area contributed by atoms with Crippen LogP contribution in [0, 0.1) is 5.92 Å². The zero-order valence-electron chi connectivity index (χ0n) is 10.2. The molecule has 0 aromatic heterocycles. The van der Waals surface area contributed by atoms with Crippen molar-refractivity contribution in [3.8, 4) is 0 Å². The molecule has 1 saturated heterocycles. The van der Waals surface area contributed by atoms with Crippen molar-refractivity contribution in [1.29, 1.82) is 0 Å². The van der Waals surface area contributed by atoms with Crippen LogP contribution in [0.25, 0.3) is 0 Å². The Bertz CT molecular complexity index is 275. The number of carbonyl (C=O) groups is 2. The number of ether oxygens (including phenoxy) is 1. The fourth-order valence-corrected chi connectivity index (χ4v) is 1.72. The standard InChI is InChI=1S/C11H20N2O4/c1-7(2)9(10(14)15)13-11(16)12-8-3-5-17-6-4-8/h7-9H,3-6H2,1-2H3,(H,14,15)(H2,12,13,16). The van der Waals surface area contributed by atoms with Gasteiger partial charge in [-0.25, -0.2) is 9.59 Å². The molecule has 2 amide bonds. The topological polar surface area (TPSA) is 87.7 Å². The van der Waals surface area contributed by atoms with Gasteiger partial charge in [0.05, 0.1) is 0 Å². The van der Waals surface area contributed by atoms with Gasteiger partial charge in [-0.3, -0.25) is 0 Å². The van der Waals surface area contributed by atoms with Crippen molar-refractivity contribution in [2.24, 2.45) is 5.92 Å². The van der Waals surface area contributed by atoms with Crippen LogP contribution in [0.3, 0.4) is 0 Å². The minimum absolute atomic E-state index is 0.0744. The maximum absolute atomic E-state index is 11.6. The third kappa shape index (κ3) is 4.60. The number of hydrogen-bond donors (Lipinski definition) is 3. The maximum Gasteiger partial charge on any atom is 0.326 e. The maximum atomic E-state index is 11.6. The first-order chi connectivity index (χ1) is 8.00. The molecule has 1 heterocycles. The monoisotopic (exact) mass is 244 g/mol. The summed E-state index contributed by atoms with van der Waals surface area (Å²) in [6, 6.07) is -1.20. The summed E-state index contributed by atoms with van der Waals surface area (Å²) in [7, 11) is 0. The molecule has 0 aromatic rings. The molecule has 1 aliphatic rings. The highest BCUT2D eigenvalue weighted by Crippen LogP contribution is 2.06. The summed E-state index contributed by atoms with van der Waals surface area (Å²) in [5.74, 6) is -1.16. The van der Waals surface area contributed by atoms with E-state index in [1.165, 1.54) is 0 Å². The van der Waals surface area contributed by atoms with Crippen molar-refractivity contribution < 1.29 is 19.4 Å². The van der Waals surface area contributed by atoms with Crippen molar-refractivity contribution in [1.82, 2.24) is 10.6 Å². The predicted octanol–water partition coefficient (Wildman–Crippen LogP) is 0.574. The van der Waals surface area contributed by atoms with Crippen molar-refractivity contribution >= 4 is 12.0 Å². The molecular weight excluding hydrogens is 224 g/mol. The number of nitrogens with one attached hydrogen (secondary N) is 2. The molecule has 6 nitrogen and oxygen atoms in total. The Morgan fingerprint density at radius 3 is 2.35 bits per heavy atom. The third-order valence-electron chi connectivity index (χ3n) is 2.78. The van der Waals surface area contributed by atoms with Crippen LogP contribution in [0.1, 0.15) is 26.7 Å². The molecule has 0 bridgehead atoms. The lowest BCUT2D eigenvalue weighted by molar-refractivity contribution is -0.140. The van der Waals surface area contributed by atoms with Gasteiger partial charge in [-0.1, -0.05) is 13.8 Å². The Kier molecular flexibility index (Phi) is 5.21. The molecule has 0 saturated carbocycles. The Morgan fingerprint density at radius 2 is 1.88 bits per heavy atom. The summed E-state index contributed by atoms with van der Waals surface area (Å²) >= 11 is 0. The molecule has 1 rings (SSSR count). The van der Waals surface area contributed by atoms with Crippen LogP contribution >= 0.6 is 0 Å². The van der Waals surface area contributed by atoms with Gasteiger partial charge in [0.25, 0.3) is 0 Å². The first-order valence-electron chi connectivity index (χ1n) is 5.88. The summed E-state index contributed by atoms with van der Waals surface area (Å²) in [6.07, 6.45) is 1.54. The minimum Gasteiger partial charge on any atom is -0.480 e. The van der Waals surface area contributed by atoms with Crippen molar-refractivity contribution in [2.75, 3.05) is 13.2 Å². The molecule has 0 aliphatic carbocycles. The van der Waals surface area contributed by atoms with Crippen LogP contribution in [0.5, 0.6) is 0 Å². The quantitative estimate of drug-likeness (QED) is 0.674. The molecule has 17 heavy (non-hydrogen) atoms. The van der Waals surface area contributed by atoms with E-state index in [1.807, 2.05) is 0 Å². The van der Waals surface area contributed by atoms with E-state index in [-0.39, 0.29) is 12.0 Å². The van der Waals surface area contributed by atoms with Gasteiger partial charge in [0.2, 0.25) is 0 Å². The van der Waals surface area contributed by atoms with Gasteiger partial charge < -0.3 is 20.5 Å². The van der Waals surface area contributed by atoms with Gasteiger partial charge in [-0.15, -0.1) is 0 Å². The first-order valence-corrected chi connectivity index (χ1v) is 5.88. The number of carbonyl (C=O) groups excluding carboxylic acids is 1. The van der Waals surface area contributed by atoms with Gasteiger partial charge in [0.1, 0.15) is 6.04 Å². The third-order valence-corrected chi connectivity index (χ3v) is 2.78. The van der Waals surface area contributed by atoms with Crippen LogP contribution in [0.4, 0.5) is 4.79 Å². The highest BCUT2D eigenvalue weighted by molar-refractivity contribution is 5.82.